The summed E-state index contributed by atoms with van der Waals surface area (Å²) in [7, 11) is 0. The van der Waals surface area contributed by atoms with Crippen molar-refractivity contribution in [2.75, 3.05) is 0 Å². The molecule has 0 aromatic heterocycles. The Bertz CT molecular complexity index is 268. The fourth-order valence-corrected chi connectivity index (χ4v) is 0.763. The van der Waals surface area contributed by atoms with Gasteiger partial charge in [-0.2, -0.15) is 0 Å². The molecule has 0 atom stereocenters. The maximum Gasteiger partial charge on any atom is 0.294 e. The van der Waals surface area contributed by atoms with E-state index in [4.69, 9.17) is 0 Å². The van der Waals surface area contributed by atoms with Gasteiger partial charge in [0.25, 0.3) is 5.09 Å². The van der Waals surface area contributed by atoms with Crippen LogP contribution in [0.2, 0.25) is 0 Å². The van der Waals surface area contributed by atoms with Crippen molar-refractivity contribution < 1.29 is 9.92 Å². The van der Waals surface area contributed by atoms with Crippen LogP contribution in [0.1, 0.15) is 11.1 Å². The average Bonchev–Trinajstić information content (AvgIpc) is 2.03. The zero-order valence-electron chi connectivity index (χ0n) is 6.40. The molecular formula is C8H8NO3. The van der Waals surface area contributed by atoms with E-state index in [-0.39, 0.29) is 6.61 Å². The van der Waals surface area contributed by atoms with Crippen molar-refractivity contribution in [1.29, 1.82) is 0 Å². The summed E-state index contributed by atoms with van der Waals surface area (Å²) in [5, 5.41) is 9.00. The first-order valence-corrected chi connectivity index (χ1v) is 3.36. The molecule has 0 saturated carbocycles. The van der Waals surface area contributed by atoms with Crippen LogP contribution < -0.4 is 0 Å². The highest BCUT2D eigenvalue weighted by Crippen LogP contribution is 2.03. The van der Waals surface area contributed by atoms with Crippen LogP contribution >= 0.6 is 0 Å². The normalized spacial score (nSPS) is 9.42. The van der Waals surface area contributed by atoms with E-state index in [1.165, 1.54) is 0 Å². The Labute approximate surface area is 69.9 Å². The maximum atomic E-state index is 9.81. The van der Waals surface area contributed by atoms with Gasteiger partial charge in [-0.05, 0) is 18.1 Å². The first kappa shape index (κ1) is 8.52. The summed E-state index contributed by atoms with van der Waals surface area (Å²) in [4.78, 5) is 14.0. The Morgan fingerprint density at radius 3 is 2.50 bits per heavy atom. The molecule has 0 aliphatic rings. The van der Waals surface area contributed by atoms with Crippen molar-refractivity contribution in [1.82, 2.24) is 0 Å². The van der Waals surface area contributed by atoms with Gasteiger partial charge in [0.05, 0.1) is 0 Å². The minimum atomic E-state index is -0.807. The Hall–Kier alpha value is -1.58. The van der Waals surface area contributed by atoms with Crippen LogP contribution in [0.4, 0.5) is 0 Å². The third kappa shape index (κ3) is 2.57. The fraction of sp³-hybridized carbons (Fsp3) is 0.125. The molecule has 1 radical (unpaired) electrons. The Morgan fingerprint density at radius 1 is 1.42 bits per heavy atom. The second-order valence-corrected chi connectivity index (χ2v) is 2.31. The summed E-state index contributed by atoms with van der Waals surface area (Å²) < 4.78 is 0. The van der Waals surface area contributed by atoms with E-state index in [0.29, 0.717) is 0 Å². The van der Waals surface area contributed by atoms with Gasteiger partial charge in [-0.15, -0.1) is 10.1 Å². The Kier molecular flexibility index (Phi) is 2.63. The molecule has 0 heterocycles. The molecule has 63 valence electrons. The lowest BCUT2D eigenvalue weighted by atomic mass is 10.2. The smallest absolute Gasteiger partial charge is 0.294 e. The molecule has 12 heavy (non-hydrogen) atoms. The summed E-state index contributed by atoms with van der Waals surface area (Å²) in [6.45, 7) is 3.68. The molecule has 0 saturated heterocycles. The zero-order valence-corrected chi connectivity index (χ0v) is 6.40. The molecule has 0 spiro atoms. The third-order valence-electron chi connectivity index (χ3n) is 1.36. The lowest BCUT2D eigenvalue weighted by Gasteiger charge is -1.98. The number of nitrogens with zero attached hydrogens (tertiary/aromatic N) is 1. The van der Waals surface area contributed by atoms with Crippen LogP contribution in [0.25, 0.3) is 0 Å². The van der Waals surface area contributed by atoms with Crippen LogP contribution in [0.3, 0.4) is 0 Å². The van der Waals surface area contributed by atoms with Crippen molar-refractivity contribution in [3.05, 3.63) is 52.4 Å². The molecule has 0 aliphatic carbocycles. The molecule has 4 nitrogen and oxygen atoms in total. The first-order valence-electron chi connectivity index (χ1n) is 3.36. The first-order chi connectivity index (χ1) is 5.68. The van der Waals surface area contributed by atoms with E-state index >= 15 is 0 Å². The van der Waals surface area contributed by atoms with E-state index in [9.17, 15) is 10.1 Å². The van der Waals surface area contributed by atoms with Gasteiger partial charge in [0.2, 0.25) is 0 Å². The standard InChI is InChI=1S/C8H8NO3/c1-7-2-4-8(5-3-7)6-12-9(10)11/h2-5H,1,6H2. The highest BCUT2D eigenvalue weighted by atomic mass is 16.9. The topological polar surface area (TPSA) is 52.4 Å². The summed E-state index contributed by atoms with van der Waals surface area (Å²) in [6.07, 6.45) is 0. The van der Waals surface area contributed by atoms with Crippen LogP contribution in [-0.2, 0) is 11.4 Å². The molecule has 1 rings (SSSR count). The molecule has 1 aromatic rings. The van der Waals surface area contributed by atoms with Gasteiger partial charge < -0.3 is 4.84 Å². The van der Waals surface area contributed by atoms with Crippen LogP contribution in [-0.4, -0.2) is 5.09 Å². The van der Waals surface area contributed by atoms with Gasteiger partial charge in [0.1, 0.15) is 6.61 Å². The quantitative estimate of drug-likeness (QED) is 0.506. The summed E-state index contributed by atoms with van der Waals surface area (Å²) >= 11 is 0. The van der Waals surface area contributed by atoms with Gasteiger partial charge in [0.15, 0.2) is 0 Å². The molecule has 0 fully saturated rings. The highest BCUT2D eigenvalue weighted by molar-refractivity contribution is 5.23. The molecule has 0 amide bonds. The molecule has 4 heteroatoms. The lowest BCUT2D eigenvalue weighted by molar-refractivity contribution is -0.763. The average molecular weight is 166 g/mol. The van der Waals surface area contributed by atoms with Gasteiger partial charge in [-0.25, -0.2) is 0 Å². The van der Waals surface area contributed by atoms with Crippen LogP contribution in [0, 0.1) is 17.0 Å². The summed E-state index contributed by atoms with van der Waals surface area (Å²) in [5.74, 6) is 0. The van der Waals surface area contributed by atoms with Crippen molar-refractivity contribution in [3.63, 3.8) is 0 Å². The van der Waals surface area contributed by atoms with E-state index in [1.54, 1.807) is 24.3 Å². The number of hydrogen-bond donors (Lipinski definition) is 0. The van der Waals surface area contributed by atoms with Gasteiger partial charge in [-0.1, -0.05) is 24.3 Å². The van der Waals surface area contributed by atoms with E-state index in [1.807, 2.05) is 0 Å². The Morgan fingerprint density at radius 2 is 2.00 bits per heavy atom. The van der Waals surface area contributed by atoms with Crippen molar-refractivity contribution in [2.24, 2.45) is 0 Å². The van der Waals surface area contributed by atoms with Crippen LogP contribution in [0.5, 0.6) is 0 Å². The predicted molar refractivity (Wildman–Crippen MR) is 42.7 cm³/mol. The third-order valence-corrected chi connectivity index (χ3v) is 1.36. The second kappa shape index (κ2) is 3.71. The molecule has 0 bridgehead atoms. The van der Waals surface area contributed by atoms with Crippen molar-refractivity contribution in [2.45, 2.75) is 6.61 Å². The molecule has 0 unspecified atom stereocenters. The van der Waals surface area contributed by atoms with E-state index in [2.05, 4.69) is 11.8 Å². The largest absolute Gasteiger partial charge is 0.309 e. The minimum absolute atomic E-state index is 0.00667. The molecular weight excluding hydrogens is 158 g/mol. The van der Waals surface area contributed by atoms with Gasteiger partial charge >= 0.3 is 0 Å². The molecule has 0 N–H and O–H groups in total. The monoisotopic (exact) mass is 166 g/mol. The summed E-state index contributed by atoms with van der Waals surface area (Å²) in [5.41, 5.74) is 1.64. The van der Waals surface area contributed by atoms with Crippen LogP contribution in [0.15, 0.2) is 24.3 Å². The lowest BCUT2D eigenvalue weighted by Crippen LogP contribution is -2.00. The Balaban J connectivity index is 2.53. The highest BCUT2D eigenvalue weighted by Gasteiger charge is 1.96. The zero-order chi connectivity index (χ0) is 8.97. The number of rotatable bonds is 3. The molecule has 1 aromatic carbocycles. The maximum absolute atomic E-state index is 9.81. The second-order valence-electron chi connectivity index (χ2n) is 2.31. The number of hydrogen-bond acceptors (Lipinski definition) is 3. The minimum Gasteiger partial charge on any atom is -0.309 e. The SMILES string of the molecule is [CH2]c1ccc(CO[N+](=O)[O-])cc1. The van der Waals surface area contributed by atoms with E-state index in [0.717, 1.165) is 11.1 Å². The molecule has 0 aliphatic heterocycles. The van der Waals surface area contributed by atoms with Gasteiger partial charge in [0, 0.05) is 0 Å². The van der Waals surface area contributed by atoms with Gasteiger partial charge in [-0.3, -0.25) is 0 Å². The summed E-state index contributed by atoms with van der Waals surface area (Å²) in [6, 6.07) is 7.04. The van der Waals surface area contributed by atoms with Crippen molar-refractivity contribution in [3.8, 4) is 0 Å². The van der Waals surface area contributed by atoms with E-state index < -0.39 is 5.09 Å². The van der Waals surface area contributed by atoms with Crippen molar-refractivity contribution >= 4 is 0 Å². The number of benzene rings is 1. The predicted octanol–water partition coefficient (Wildman–Crippen LogP) is 1.58. The fourth-order valence-electron chi connectivity index (χ4n) is 0.763.